The zero-order chi connectivity index (χ0) is 13.0. The summed E-state index contributed by atoms with van der Waals surface area (Å²) in [5.41, 5.74) is 1.08. The Morgan fingerprint density at radius 1 is 1.44 bits per heavy atom. The Labute approximate surface area is 114 Å². The topological polar surface area (TPSA) is 51.0 Å². The van der Waals surface area contributed by atoms with Crippen molar-refractivity contribution in [1.82, 2.24) is 19.7 Å². The molecule has 0 spiro atoms. The van der Waals surface area contributed by atoms with Gasteiger partial charge in [0.2, 0.25) is 5.91 Å². The Balaban J connectivity index is 1.97. The summed E-state index contributed by atoms with van der Waals surface area (Å²) in [6.45, 7) is 0.774. The first-order chi connectivity index (χ1) is 8.66. The van der Waals surface area contributed by atoms with Gasteiger partial charge in [0.25, 0.3) is 0 Å². The summed E-state index contributed by atoms with van der Waals surface area (Å²) in [5.74, 6) is -0.00347. The van der Waals surface area contributed by atoms with Crippen molar-refractivity contribution in [3.05, 3.63) is 47.0 Å². The quantitative estimate of drug-likeness (QED) is 0.864. The summed E-state index contributed by atoms with van der Waals surface area (Å²) in [6, 6.07) is 7.86. The van der Waals surface area contributed by atoms with E-state index in [1.54, 1.807) is 11.9 Å². The monoisotopic (exact) mass is 308 g/mol. The number of aromatic nitrogens is 3. The highest BCUT2D eigenvalue weighted by atomic mass is 79.9. The number of hydrogen-bond acceptors (Lipinski definition) is 3. The summed E-state index contributed by atoms with van der Waals surface area (Å²) in [5, 5.41) is 3.91. The number of rotatable bonds is 4. The smallest absolute Gasteiger partial charge is 0.244 e. The number of benzene rings is 1. The first kappa shape index (κ1) is 12.8. The number of halogens is 1. The van der Waals surface area contributed by atoms with Gasteiger partial charge in [0.1, 0.15) is 19.2 Å². The molecule has 1 amide bonds. The van der Waals surface area contributed by atoms with Gasteiger partial charge in [-0.25, -0.2) is 9.67 Å². The highest BCUT2D eigenvalue weighted by Gasteiger charge is 2.11. The third-order valence-corrected chi connectivity index (χ3v) is 3.33. The van der Waals surface area contributed by atoms with Crippen LogP contribution < -0.4 is 0 Å². The third-order valence-electron chi connectivity index (χ3n) is 2.55. The molecule has 2 rings (SSSR count). The fraction of sp³-hybridized carbons (Fsp3) is 0.250. The van der Waals surface area contributed by atoms with Gasteiger partial charge >= 0.3 is 0 Å². The molecule has 0 aliphatic heterocycles. The normalized spacial score (nSPS) is 10.3. The van der Waals surface area contributed by atoms with Crippen LogP contribution in [0, 0.1) is 0 Å². The molecule has 0 atom stereocenters. The fourth-order valence-corrected chi connectivity index (χ4v) is 1.95. The molecule has 1 heterocycles. The average Bonchev–Trinajstić information content (AvgIpc) is 2.84. The molecule has 1 aromatic heterocycles. The molecular weight excluding hydrogens is 296 g/mol. The Morgan fingerprint density at radius 3 is 2.89 bits per heavy atom. The number of hydrogen-bond donors (Lipinski definition) is 0. The lowest BCUT2D eigenvalue weighted by Gasteiger charge is -2.17. The van der Waals surface area contributed by atoms with Crippen molar-refractivity contribution in [3.63, 3.8) is 0 Å². The average molecular weight is 309 g/mol. The Morgan fingerprint density at radius 2 is 2.22 bits per heavy atom. The largest absolute Gasteiger partial charge is 0.340 e. The molecule has 0 radical (unpaired) electrons. The summed E-state index contributed by atoms with van der Waals surface area (Å²) < 4.78 is 2.52. The highest BCUT2D eigenvalue weighted by Crippen LogP contribution is 2.17. The van der Waals surface area contributed by atoms with E-state index in [1.165, 1.54) is 17.3 Å². The van der Waals surface area contributed by atoms with Gasteiger partial charge in [-0.1, -0.05) is 34.1 Å². The first-order valence-corrected chi connectivity index (χ1v) is 6.26. The van der Waals surface area contributed by atoms with Crippen LogP contribution in [0.15, 0.2) is 41.4 Å². The molecule has 0 saturated heterocycles. The summed E-state index contributed by atoms with van der Waals surface area (Å²) in [7, 11) is 1.78. The molecule has 18 heavy (non-hydrogen) atoms. The van der Waals surface area contributed by atoms with Crippen LogP contribution in [0.25, 0.3) is 0 Å². The van der Waals surface area contributed by atoms with E-state index in [4.69, 9.17) is 0 Å². The minimum absolute atomic E-state index is 0.00347. The van der Waals surface area contributed by atoms with E-state index in [-0.39, 0.29) is 12.5 Å². The Bertz CT molecular complexity index is 527. The van der Waals surface area contributed by atoms with Gasteiger partial charge in [0.05, 0.1) is 0 Å². The maximum Gasteiger partial charge on any atom is 0.244 e. The van der Waals surface area contributed by atoms with Crippen LogP contribution in [-0.4, -0.2) is 32.6 Å². The van der Waals surface area contributed by atoms with Gasteiger partial charge in [-0.05, 0) is 11.6 Å². The molecule has 6 heteroatoms. The third kappa shape index (κ3) is 3.16. The van der Waals surface area contributed by atoms with E-state index in [9.17, 15) is 4.79 Å². The molecule has 1 aromatic carbocycles. The first-order valence-electron chi connectivity index (χ1n) is 5.46. The van der Waals surface area contributed by atoms with Crippen LogP contribution in [0.3, 0.4) is 0 Å². The van der Waals surface area contributed by atoms with Crippen molar-refractivity contribution >= 4 is 21.8 Å². The summed E-state index contributed by atoms with van der Waals surface area (Å²) in [4.78, 5) is 17.4. The van der Waals surface area contributed by atoms with Crippen molar-refractivity contribution in [1.29, 1.82) is 0 Å². The van der Waals surface area contributed by atoms with Crippen molar-refractivity contribution in [2.45, 2.75) is 13.1 Å². The van der Waals surface area contributed by atoms with E-state index < -0.39 is 0 Å². The van der Waals surface area contributed by atoms with Gasteiger partial charge < -0.3 is 4.90 Å². The number of amides is 1. The number of nitrogens with zero attached hydrogens (tertiary/aromatic N) is 4. The van der Waals surface area contributed by atoms with E-state index in [0.29, 0.717) is 6.54 Å². The van der Waals surface area contributed by atoms with Crippen LogP contribution in [0.5, 0.6) is 0 Å². The molecule has 2 aromatic rings. The lowest BCUT2D eigenvalue weighted by Crippen LogP contribution is -2.30. The zero-order valence-corrected chi connectivity index (χ0v) is 11.5. The van der Waals surface area contributed by atoms with E-state index in [1.807, 2.05) is 24.3 Å². The Kier molecular flexibility index (Phi) is 4.09. The van der Waals surface area contributed by atoms with Gasteiger partial charge in [0, 0.05) is 18.1 Å². The molecule has 94 valence electrons. The molecule has 0 unspecified atom stereocenters. The number of carbonyl (C=O) groups excluding carboxylic acids is 1. The van der Waals surface area contributed by atoms with Crippen LogP contribution in [-0.2, 0) is 17.9 Å². The lowest BCUT2D eigenvalue weighted by molar-refractivity contribution is -0.131. The predicted molar refractivity (Wildman–Crippen MR) is 70.6 cm³/mol. The van der Waals surface area contributed by atoms with Gasteiger partial charge in [-0.3, -0.25) is 4.79 Å². The maximum atomic E-state index is 11.9. The molecule has 0 N–H and O–H groups in total. The molecule has 5 nitrogen and oxygen atoms in total. The minimum Gasteiger partial charge on any atom is -0.340 e. The molecule has 0 saturated carbocycles. The van der Waals surface area contributed by atoms with Crippen LogP contribution in [0.1, 0.15) is 5.56 Å². The molecule has 0 aliphatic carbocycles. The molecule has 0 bridgehead atoms. The van der Waals surface area contributed by atoms with Gasteiger partial charge in [0.15, 0.2) is 0 Å². The lowest BCUT2D eigenvalue weighted by atomic mass is 10.2. The van der Waals surface area contributed by atoms with Gasteiger partial charge in [-0.15, -0.1) is 0 Å². The highest BCUT2D eigenvalue weighted by molar-refractivity contribution is 9.10. The summed E-state index contributed by atoms with van der Waals surface area (Å²) in [6.07, 6.45) is 2.95. The van der Waals surface area contributed by atoms with E-state index in [0.717, 1.165) is 10.0 Å². The zero-order valence-electron chi connectivity index (χ0n) is 9.95. The van der Waals surface area contributed by atoms with Crippen LogP contribution in [0.4, 0.5) is 0 Å². The summed E-state index contributed by atoms with van der Waals surface area (Å²) >= 11 is 3.47. The van der Waals surface area contributed by atoms with Gasteiger partial charge in [-0.2, -0.15) is 5.10 Å². The van der Waals surface area contributed by atoms with Crippen LogP contribution >= 0.6 is 15.9 Å². The maximum absolute atomic E-state index is 11.9. The van der Waals surface area contributed by atoms with Crippen molar-refractivity contribution in [2.75, 3.05) is 7.05 Å². The SMILES string of the molecule is CN(Cc1ccccc1Br)C(=O)Cn1cncn1. The molecular formula is C12H13BrN4O. The second-order valence-electron chi connectivity index (χ2n) is 3.93. The number of likely N-dealkylation sites (N-methyl/N-ethyl adjacent to an activating group) is 1. The van der Waals surface area contributed by atoms with Crippen molar-refractivity contribution in [2.24, 2.45) is 0 Å². The molecule has 0 aliphatic rings. The minimum atomic E-state index is -0.00347. The van der Waals surface area contributed by atoms with E-state index >= 15 is 0 Å². The number of carbonyl (C=O) groups is 1. The van der Waals surface area contributed by atoms with Crippen molar-refractivity contribution in [3.8, 4) is 0 Å². The fourth-order valence-electron chi connectivity index (χ4n) is 1.54. The van der Waals surface area contributed by atoms with Crippen LogP contribution in [0.2, 0.25) is 0 Å². The second-order valence-corrected chi connectivity index (χ2v) is 4.79. The van der Waals surface area contributed by atoms with Crippen molar-refractivity contribution < 1.29 is 4.79 Å². The standard InChI is InChI=1S/C12H13BrN4O/c1-16(6-10-4-2-3-5-11(10)13)12(18)7-17-9-14-8-15-17/h2-5,8-9H,6-7H2,1H3. The van der Waals surface area contributed by atoms with E-state index in [2.05, 4.69) is 26.0 Å². The Hall–Kier alpha value is -1.69. The molecule has 0 fully saturated rings. The predicted octanol–water partition coefficient (Wildman–Crippen LogP) is 1.70. The second kappa shape index (κ2) is 5.77.